The lowest BCUT2D eigenvalue weighted by Gasteiger charge is -2.26. The van der Waals surface area contributed by atoms with Crippen LogP contribution in [0.3, 0.4) is 0 Å². The highest BCUT2D eigenvalue weighted by molar-refractivity contribution is 5.42. The van der Waals surface area contributed by atoms with E-state index in [1.54, 1.807) is 36.4 Å². The van der Waals surface area contributed by atoms with Crippen molar-refractivity contribution in [3.8, 4) is 17.2 Å². The van der Waals surface area contributed by atoms with Gasteiger partial charge in [-0.2, -0.15) is 0 Å². The molecule has 0 atom stereocenters. The summed E-state index contributed by atoms with van der Waals surface area (Å²) in [6.07, 6.45) is 2.32. The molecule has 244 valence electrons. The second kappa shape index (κ2) is 22.7. The van der Waals surface area contributed by atoms with E-state index in [0.717, 1.165) is 38.9 Å². The first-order valence-corrected chi connectivity index (χ1v) is 14.8. The lowest BCUT2D eigenvalue weighted by Crippen LogP contribution is -2.18. The third-order valence-corrected chi connectivity index (χ3v) is 6.85. The summed E-state index contributed by atoms with van der Waals surface area (Å²) in [7, 11) is 3.00. The summed E-state index contributed by atoms with van der Waals surface area (Å²) in [6, 6.07) is 30.7. The predicted octanol–water partition coefficient (Wildman–Crippen LogP) is 7.95. The van der Waals surface area contributed by atoms with E-state index in [1.165, 1.54) is 23.1 Å². The molecular weight excluding hydrogens is 552 g/mol. The molecule has 0 bridgehead atoms. The maximum absolute atomic E-state index is 9.36. The van der Waals surface area contributed by atoms with Crippen LogP contribution in [0.4, 0.5) is 0 Å². The Hall–Kier alpha value is -3.84. The molecule has 0 saturated carbocycles. The van der Waals surface area contributed by atoms with Gasteiger partial charge in [0.25, 0.3) is 0 Å². The fraction of sp³-hybridized carbons (Fsp3) is 0.368. The van der Waals surface area contributed by atoms with E-state index >= 15 is 0 Å². The van der Waals surface area contributed by atoms with Crippen molar-refractivity contribution in [2.75, 3.05) is 21.3 Å². The van der Waals surface area contributed by atoms with Gasteiger partial charge in [0, 0.05) is 32.2 Å². The molecule has 6 N–H and O–H groups in total. The number of hydrogen-bond donors (Lipinski definition) is 6. The van der Waals surface area contributed by atoms with Gasteiger partial charge in [0.05, 0.1) is 0 Å². The molecule has 44 heavy (non-hydrogen) atoms. The smallest absolute Gasteiger partial charge is 0.115 e. The molecule has 0 saturated heterocycles. The van der Waals surface area contributed by atoms with E-state index in [2.05, 4.69) is 72.7 Å². The number of phenols is 3. The summed E-state index contributed by atoms with van der Waals surface area (Å²) in [6.45, 7) is 15.1. The predicted molar refractivity (Wildman–Crippen MR) is 185 cm³/mol. The average molecular weight is 609 g/mol. The molecule has 6 heteroatoms. The summed E-state index contributed by atoms with van der Waals surface area (Å²) in [5.74, 6) is 0.862. The maximum Gasteiger partial charge on any atom is 0.115 e. The Balaban J connectivity index is 0. The zero-order chi connectivity index (χ0) is 34.3. The number of phenolic OH excluding ortho intramolecular Hbond substituents is 3. The van der Waals surface area contributed by atoms with E-state index in [4.69, 9.17) is 15.3 Å². The Morgan fingerprint density at radius 2 is 0.568 bits per heavy atom. The largest absolute Gasteiger partial charge is 0.508 e. The number of rotatable bonds is 5. The van der Waals surface area contributed by atoms with Gasteiger partial charge < -0.3 is 30.6 Å². The van der Waals surface area contributed by atoms with Gasteiger partial charge in [-0.25, -0.2) is 0 Å². The van der Waals surface area contributed by atoms with Crippen LogP contribution in [0.25, 0.3) is 0 Å². The van der Waals surface area contributed by atoms with Crippen LogP contribution in [-0.4, -0.2) is 52.0 Å². The normalized spacial score (nSPS) is 9.93. The topological polar surface area (TPSA) is 121 Å². The van der Waals surface area contributed by atoms with Crippen molar-refractivity contribution in [3.05, 3.63) is 125 Å². The van der Waals surface area contributed by atoms with Gasteiger partial charge in [0.15, 0.2) is 0 Å². The highest BCUT2D eigenvalue weighted by Gasteiger charge is 2.23. The van der Waals surface area contributed by atoms with E-state index in [-0.39, 0.29) is 22.3 Å². The van der Waals surface area contributed by atoms with Gasteiger partial charge in [-0.1, -0.05) is 116 Å². The van der Waals surface area contributed by atoms with Crippen LogP contribution >= 0.6 is 0 Å². The second-order valence-electron chi connectivity index (χ2n) is 10.6. The summed E-state index contributed by atoms with van der Waals surface area (Å²) in [5.41, 5.74) is 5.93. The molecule has 4 aromatic carbocycles. The number of hydrogen-bond acceptors (Lipinski definition) is 6. The highest BCUT2D eigenvalue weighted by atomic mass is 16.3. The van der Waals surface area contributed by atoms with Crippen LogP contribution in [0, 0.1) is 0 Å². The molecule has 4 rings (SSSR count). The summed E-state index contributed by atoms with van der Waals surface area (Å²) in [4.78, 5) is 0. The van der Waals surface area contributed by atoms with Crippen molar-refractivity contribution < 1.29 is 30.6 Å². The molecule has 0 aliphatic rings. The molecule has 6 nitrogen and oxygen atoms in total. The molecule has 0 aromatic heterocycles. The molecule has 0 aliphatic carbocycles. The minimum Gasteiger partial charge on any atom is -0.508 e. The monoisotopic (exact) mass is 608 g/mol. The van der Waals surface area contributed by atoms with Gasteiger partial charge in [0.2, 0.25) is 0 Å². The molecular formula is C38H56O6. The Bertz CT molecular complexity index is 1180. The maximum atomic E-state index is 9.36. The van der Waals surface area contributed by atoms with Gasteiger partial charge in [-0.05, 0) is 70.6 Å². The van der Waals surface area contributed by atoms with Crippen LogP contribution in [0.1, 0.15) is 82.7 Å². The third kappa shape index (κ3) is 13.6. The van der Waals surface area contributed by atoms with Crippen molar-refractivity contribution in [1.29, 1.82) is 0 Å². The van der Waals surface area contributed by atoms with E-state index < -0.39 is 0 Å². The van der Waals surface area contributed by atoms with Crippen molar-refractivity contribution in [3.63, 3.8) is 0 Å². The van der Waals surface area contributed by atoms with E-state index in [0.29, 0.717) is 5.75 Å². The fourth-order valence-electron chi connectivity index (χ4n) is 4.12. The molecule has 0 heterocycles. The molecule has 4 aromatic rings. The zero-order valence-electron chi connectivity index (χ0n) is 28.3. The van der Waals surface area contributed by atoms with Crippen LogP contribution in [0.5, 0.6) is 17.2 Å². The lowest BCUT2D eigenvalue weighted by molar-refractivity contribution is 0.399. The molecule has 0 unspecified atom stereocenters. The number of aliphatic hydroxyl groups is 3. The first kappa shape index (κ1) is 42.3. The summed E-state index contributed by atoms with van der Waals surface area (Å²) >= 11 is 0. The molecule has 0 radical (unpaired) electrons. The SMILES string of the molecule is CC(C)(c1ccc(O)cc1)c1ccc(O)cc1.CCC.CCc1ccc(C(C)(C)c2ccc(O)cc2)cc1.CO.CO.CO. The highest BCUT2D eigenvalue weighted by Crippen LogP contribution is 2.33. The first-order valence-electron chi connectivity index (χ1n) is 14.8. The third-order valence-electron chi connectivity index (χ3n) is 6.85. The Morgan fingerprint density at radius 3 is 0.750 bits per heavy atom. The Kier molecular flexibility index (Phi) is 21.8. The number of benzene rings is 4. The summed E-state index contributed by atoms with van der Waals surface area (Å²) in [5, 5.41) is 49.0. The van der Waals surface area contributed by atoms with Gasteiger partial charge in [-0.15, -0.1) is 0 Å². The fourth-order valence-corrected chi connectivity index (χ4v) is 4.12. The van der Waals surface area contributed by atoms with Gasteiger partial charge >= 0.3 is 0 Å². The summed E-state index contributed by atoms with van der Waals surface area (Å²) < 4.78 is 0. The first-order chi connectivity index (χ1) is 20.9. The Morgan fingerprint density at radius 1 is 0.386 bits per heavy atom. The van der Waals surface area contributed by atoms with Gasteiger partial charge in [0.1, 0.15) is 17.2 Å². The quantitative estimate of drug-likeness (QED) is 0.137. The van der Waals surface area contributed by atoms with Crippen molar-refractivity contribution in [2.45, 2.75) is 72.1 Å². The molecule has 0 fully saturated rings. The van der Waals surface area contributed by atoms with Crippen LogP contribution in [0.2, 0.25) is 0 Å². The van der Waals surface area contributed by atoms with E-state index in [1.807, 2.05) is 36.4 Å². The van der Waals surface area contributed by atoms with Crippen molar-refractivity contribution in [1.82, 2.24) is 0 Å². The van der Waals surface area contributed by atoms with Crippen molar-refractivity contribution in [2.24, 2.45) is 0 Å². The van der Waals surface area contributed by atoms with Crippen LogP contribution in [-0.2, 0) is 17.3 Å². The minimum atomic E-state index is -0.151. The lowest BCUT2D eigenvalue weighted by atomic mass is 9.78. The molecule has 0 spiro atoms. The number of aromatic hydroxyl groups is 3. The van der Waals surface area contributed by atoms with Crippen LogP contribution in [0.15, 0.2) is 97.1 Å². The number of aliphatic hydroxyl groups excluding tert-OH is 3. The minimum absolute atomic E-state index is 0.0417. The molecule has 0 aliphatic heterocycles. The average Bonchev–Trinajstić information content (AvgIpc) is 3.05. The van der Waals surface area contributed by atoms with Gasteiger partial charge in [-0.3, -0.25) is 0 Å². The second-order valence-corrected chi connectivity index (χ2v) is 10.6. The zero-order valence-corrected chi connectivity index (χ0v) is 28.3. The van der Waals surface area contributed by atoms with E-state index in [9.17, 15) is 15.3 Å². The molecule has 0 amide bonds. The number of aryl methyl sites for hydroxylation is 1. The standard InChI is InChI=1S/C17H20O.C15H16O2.C3H8.3CH4O/c1-4-13-5-7-14(8-6-13)17(2,3)15-9-11-16(18)12-10-15;1-15(2,11-3-7-13(16)8-4-11)12-5-9-14(17)10-6-12;1-3-2;3*1-2/h5-12,18H,4H2,1-3H3;3-10,16-17H,1-2H3;3H2,1-2H3;3*2H,1H3. The van der Waals surface area contributed by atoms with Crippen LogP contribution < -0.4 is 0 Å². The Labute approximate surface area is 266 Å². The van der Waals surface area contributed by atoms with Crippen molar-refractivity contribution >= 4 is 0 Å².